The molecule has 1 aromatic carbocycles. The van der Waals surface area contributed by atoms with E-state index in [1.54, 1.807) is 0 Å². The highest BCUT2D eigenvalue weighted by Gasteiger charge is 2.24. The van der Waals surface area contributed by atoms with Crippen LogP contribution >= 0.6 is 11.6 Å². The number of benzene rings is 1. The summed E-state index contributed by atoms with van der Waals surface area (Å²) in [4.78, 5) is 4.17. The normalized spacial score (nSPS) is 13.9. The molecule has 0 aliphatic heterocycles. The molecule has 1 heterocycles. The molecule has 0 radical (unpaired) electrons. The van der Waals surface area contributed by atoms with Gasteiger partial charge in [-0.15, -0.1) is 11.6 Å². The summed E-state index contributed by atoms with van der Waals surface area (Å²) >= 11 is 6.15. The lowest BCUT2D eigenvalue weighted by molar-refractivity contribution is 0.481. The predicted octanol–water partition coefficient (Wildman–Crippen LogP) is 4.53. The molecule has 2 heteroatoms. The average molecular weight is 248 g/mol. The van der Waals surface area contributed by atoms with Gasteiger partial charge in [-0.3, -0.25) is 4.98 Å². The third kappa shape index (κ3) is 2.61. The molecule has 0 fully saturated rings. The zero-order valence-corrected chi connectivity index (χ0v) is 11.3. The molecule has 0 saturated heterocycles. The molecule has 1 atom stereocenters. The van der Waals surface area contributed by atoms with Crippen molar-refractivity contribution in [2.45, 2.75) is 38.0 Å². The highest BCUT2D eigenvalue weighted by molar-refractivity contribution is 6.20. The summed E-state index contributed by atoms with van der Waals surface area (Å²) in [6.45, 7) is 6.55. The van der Waals surface area contributed by atoms with Crippen LogP contribution in [0.1, 0.15) is 32.8 Å². The number of fused-ring (bicyclic) bond motifs is 1. The zero-order chi connectivity index (χ0) is 12.5. The van der Waals surface area contributed by atoms with Crippen molar-refractivity contribution in [1.29, 1.82) is 0 Å². The van der Waals surface area contributed by atoms with E-state index in [1.165, 1.54) is 16.3 Å². The molecule has 1 aromatic heterocycles. The minimum Gasteiger partial charge on any atom is -0.264 e. The van der Waals surface area contributed by atoms with Crippen LogP contribution in [0.5, 0.6) is 0 Å². The quantitative estimate of drug-likeness (QED) is 0.727. The van der Waals surface area contributed by atoms with Crippen LogP contribution in [0.2, 0.25) is 0 Å². The first-order valence-electron chi connectivity index (χ1n) is 5.98. The second-order valence-corrected chi connectivity index (χ2v) is 6.02. The van der Waals surface area contributed by atoms with Crippen molar-refractivity contribution in [2.24, 2.45) is 0 Å². The molecule has 0 amide bonds. The fourth-order valence-corrected chi connectivity index (χ4v) is 2.91. The summed E-state index contributed by atoms with van der Waals surface area (Å²) < 4.78 is 0. The van der Waals surface area contributed by atoms with Crippen molar-refractivity contribution in [3.05, 3.63) is 42.2 Å². The second kappa shape index (κ2) is 4.66. The van der Waals surface area contributed by atoms with Crippen molar-refractivity contribution in [1.82, 2.24) is 4.98 Å². The summed E-state index contributed by atoms with van der Waals surface area (Å²) in [5, 5.41) is 2.66. The monoisotopic (exact) mass is 247 g/mol. The van der Waals surface area contributed by atoms with Crippen LogP contribution in [-0.4, -0.2) is 10.4 Å². The van der Waals surface area contributed by atoms with Gasteiger partial charge in [0.05, 0.1) is 0 Å². The number of alkyl halides is 1. The summed E-state index contributed by atoms with van der Waals surface area (Å²) in [5.41, 5.74) is 1.44. The van der Waals surface area contributed by atoms with E-state index < -0.39 is 0 Å². The molecule has 17 heavy (non-hydrogen) atoms. The molecule has 90 valence electrons. The Morgan fingerprint density at radius 2 is 2.06 bits per heavy atom. The molecular weight excluding hydrogens is 230 g/mol. The van der Waals surface area contributed by atoms with Crippen LogP contribution < -0.4 is 0 Å². The molecule has 0 aliphatic rings. The van der Waals surface area contributed by atoms with Crippen LogP contribution in [0.4, 0.5) is 0 Å². The Kier molecular flexibility index (Phi) is 3.39. The number of hydrogen-bond acceptors (Lipinski definition) is 1. The van der Waals surface area contributed by atoms with Crippen LogP contribution in [0, 0.1) is 0 Å². The number of aromatic nitrogens is 1. The lowest BCUT2D eigenvalue weighted by Gasteiger charge is -2.28. The number of pyridine rings is 1. The summed E-state index contributed by atoms with van der Waals surface area (Å²) in [5.74, 6) is 0. The first-order valence-corrected chi connectivity index (χ1v) is 6.41. The fraction of sp³-hybridized carbons (Fsp3) is 0.400. The Morgan fingerprint density at radius 1 is 1.29 bits per heavy atom. The number of rotatable bonds is 3. The SMILES string of the molecule is CC(Cl)CC(C)(C)c1cccc2cnccc12. The van der Waals surface area contributed by atoms with Gasteiger partial charge < -0.3 is 0 Å². The van der Waals surface area contributed by atoms with E-state index in [9.17, 15) is 0 Å². The summed E-state index contributed by atoms with van der Waals surface area (Å²) in [6.07, 6.45) is 4.74. The van der Waals surface area contributed by atoms with Gasteiger partial charge in [0.1, 0.15) is 0 Å². The van der Waals surface area contributed by atoms with Crippen molar-refractivity contribution in [3.63, 3.8) is 0 Å². The average Bonchev–Trinajstić information content (AvgIpc) is 2.26. The predicted molar refractivity (Wildman–Crippen MR) is 74.7 cm³/mol. The number of halogens is 1. The van der Waals surface area contributed by atoms with Crippen molar-refractivity contribution >= 4 is 22.4 Å². The highest BCUT2D eigenvalue weighted by atomic mass is 35.5. The standard InChI is InChI=1S/C15H18ClN/c1-11(16)9-15(2,3)14-6-4-5-12-10-17-8-7-13(12)14/h4-8,10-11H,9H2,1-3H3. The van der Waals surface area contributed by atoms with E-state index in [4.69, 9.17) is 11.6 Å². The zero-order valence-electron chi connectivity index (χ0n) is 10.6. The number of nitrogens with zero attached hydrogens (tertiary/aromatic N) is 1. The van der Waals surface area contributed by atoms with E-state index in [0.717, 1.165) is 6.42 Å². The topological polar surface area (TPSA) is 12.9 Å². The van der Waals surface area contributed by atoms with E-state index in [-0.39, 0.29) is 10.8 Å². The number of hydrogen-bond donors (Lipinski definition) is 0. The van der Waals surface area contributed by atoms with Gasteiger partial charge in [0.2, 0.25) is 0 Å². The molecule has 0 spiro atoms. The second-order valence-electron chi connectivity index (χ2n) is 5.27. The maximum atomic E-state index is 6.15. The van der Waals surface area contributed by atoms with Gasteiger partial charge in [-0.1, -0.05) is 32.0 Å². The van der Waals surface area contributed by atoms with Crippen LogP contribution in [-0.2, 0) is 5.41 Å². The molecule has 0 bridgehead atoms. The van der Waals surface area contributed by atoms with Gasteiger partial charge in [-0.05, 0) is 35.8 Å². The third-order valence-electron chi connectivity index (χ3n) is 3.20. The Labute approximate surface area is 108 Å². The minimum absolute atomic E-state index is 0.0853. The Balaban J connectivity index is 2.55. The Hall–Kier alpha value is -1.08. The Morgan fingerprint density at radius 3 is 2.76 bits per heavy atom. The van der Waals surface area contributed by atoms with Crippen molar-refractivity contribution < 1.29 is 0 Å². The van der Waals surface area contributed by atoms with E-state index >= 15 is 0 Å². The van der Waals surface area contributed by atoms with Gasteiger partial charge >= 0.3 is 0 Å². The maximum absolute atomic E-state index is 6.15. The smallest absolute Gasteiger partial charge is 0.0346 e. The third-order valence-corrected chi connectivity index (χ3v) is 3.36. The van der Waals surface area contributed by atoms with Crippen LogP contribution in [0.3, 0.4) is 0 Å². The van der Waals surface area contributed by atoms with Gasteiger partial charge in [0, 0.05) is 23.2 Å². The maximum Gasteiger partial charge on any atom is 0.0346 e. The molecule has 1 unspecified atom stereocenters. The van der Waals surface area contributed by atoms with E-state index in [1.807, 2.05) is 12.4 Å². The van der Waals surface area contributed by atoms with Gasteiger partial charge in [-0.25, -0.2) is 0 Å². The molecule has 0 aliphatic carbocycles. The minimum atomic E-state index is 0.0853. The highest BCUT2D eigenvalue weighted by Crippen LogP contribution is 2.34. The molecule has 2 aromatic rings. The van der Waals surface area contributed by atoms with Gasteiger partial charge in [-0.2, -0.15) is 0 Å². The van der Waals surface area contributed by atoms with E-state index in [0.29, 0.717) is 0 Å². The lowest BCUT2D eigenvalue weighted by Crippen LogP contribution is -2.21. The Bertz CT molecular complexity index is 512. The first-order chi connectivity index (χ1) is 8.00. The summed E-state index contributed by atoms with van der Waals surface area (Å²) in [6, 6.07) is 8.49. The summed E-state index contributed by atoms with van der Waals surface area (Å²) in [7, 11) is 0. The molecule has 0 saturated carbocycles. The largest absolute Gasteiger partial charge is 0.264 e. The first kappa shape index (κ1) is 12.4. The lowest BCUT2D eigenvalue weighted by atomic mass is 9.78. The van der Waals surface area contributed by atoms with E-state index in [2.05, 4.69) is 50.0 Å². The van der Waals surface area contributed by atoms with Gasteiger partial charge in [0.15, 0.2) is 0 Å². The van der Waals surface area contributed by atoms with Crippen molar-refractivity contribution in [2.75, 3.05) is 0 Å². The molecule has 0 N–H and O–H groups in total. The van der Waals surface area contributed by atoms with Crippen LogP contribution in [0.25, 0.3) is 10.8 Å². The van der Waals surface area contributed by atoms with Crippen LogP contribution in [0.15, 0.2) is 36.7 Å². The molecule has 2 rings (SSSR count). The molecular formula is C15H18ClN. The molecule has 1 nitrogen and oxygen atoms in total. The van der Waals surface area contributed by atoms with Crippen molar-refractivity contribution in [3.8, 4) is 0 Å². The fourth-order valence-electron chi connectivity index (χ4n) is 2.53. The van der Waals surface area contributed by atoms with Gasteiger partial charge in [0.25, 0.3) is 0 Å².